The van der Waals surface area contributed by atoms with Gasteiger partial charge in [0.1, 0.15) is 6.04 Å². The van der Waals surface area contributed by atoms with E-state index in [1.807, 2.05) is 14.7 Å². The lowest BCUT2D eigenvalue weighted by molar-refractivity contribution is -0.147. The van der Waals surface area contributed by atoms with Crippen LogP contribution in [-0.2, 0) is 14.4 Å². The van der Waals surface area contributed by atoms with Gasteiger partial charge in [-0.1, -0.05) is 52.7 Å². The Morgan fingerprint density at radius 1 is 1.05 bits per heavy atom. The van der Waals surface area contributed by atoms with Gasteiger partial charge in [0.05, 0.1) is 16.6 Å². The van der Waals surface area contributed by atoms with E-state index in [0.29, 0.717) is 26.2 Å². The molecule has 7 nitrogen and oxygen atoms in total. The molecule has 3 saturated heterocycles. The molecule has 3 heterocycles. The van der Waals surface area contributed by atoms with Gasteiger partial charge < -0.3 is 19.8 Å². The number of carbonyl (C=O) groups is 3. The third-order valence-corrected chi connectivity index (χ3v) is 11.5. The molecule has 2 unspecified atom stereocenters. The first kappa shape index (κ1) is 34.7. The fourth-order valence-electron chi connectivity index (χ4n) is 8.29. The van der Waals surface area contributed by atoms with Crippen molar-refractivity contribution >= 4 is 29.5 Å². The first-order chi connectivity index (χ1) is 19.6. The van der Waals surface area contributed by atoms with Crippen LogP contribution in [0.5, 0.6) is 0 Å². The van der Waals surface area contributed by atoms with Gasteiger partial charge in [0, 0.05) is 43.1 Å². The molecule has 1 spiro atoms. The van der Waals surface area contributed by atoms with Gasteiger partial charge in [0.2, 0.25) is 17.7 Å². The number of likely N-dealkylation sites (tertiary alicyclic amines) is 1. The molecule has 0 saturated carbocycles. The summed E-state index contributed by atoms with van der Waals surface area (Å²) in [6.45, 7) is 25.0. The van der Waals surface area contributed by atoms with E-state index in [1.54, 1.807) is 23.9 Å². The van der Waals surface area contributed by atoms with E-state index in [4.69, 9.17) is 0 Å². The highest BCUT2D eigenvalue weighted by atomic mass is 32.2. The highest BCUT2D eigenvalue weighted by Crippen LogP contribution is 2.71. The number of aliphatic hydroxyl groups is 1. The first-order valence-electron chi connectivity index (χ1n) is 16.1. The smallest absolute Gasteiger partial charge is 0.247 e. The second-order valence-corrected chi connectivity index (χ2v) is 16.7. The van der Waals surface area contributed by atoms with E-state index in [0.717, 1.165) is 51.4 Å². The van der Waals surface area contributed by atoms with Crippen LogP contribution in [0.1, 0.15) is 99.8 Å². The second-order valence-electron chi connectivity index (χ2n) is 14.8. The Morgan fingerprint density at radius 2 is 1.69 bits per heavy atom. The van der Waals surface area contributed by atoms with E-state index >= 15 is 0 Å². The van der Waals surface area contributed by atoms with Crippen LogP contribution in [0.3, 0.4) is 0 Å². The lowest BCUT2D eigenvalue weighted by Crippen LogP contribution is -2.60. The van der Waals surface area contributed by atoms with Gasteiger partial charge in [-0.3, -0.25) is 14.4 Å². The largest absolute Gasteiger partial charge is 0.396 e. The maximum Gasteiger partial charge on any atom is 0.247 e. The number of fused-ring (bicyclic) bond motifs is 1. The topological polar surface area (TPSA) is 81.2 Å². The molecular formula is C34H57N3O4S. The Kier molecular flexibility index (Phi) is 11.1. The Balaban J connectivity index is 2.08. The molecular weight excluding hydrogens is 546 g/mol. The number of nitrogens with zero attached hydrogens (tertiary/aromatic N) is 3. The van der Waals surface area contributed by atoms with Crippen molar-refractivity contribution in [3.05, 3.63) is 25.3 Å². The molecule has 0 aliphatic carbocycles. The summed E-state index contributed by atoms with van der Waals surface area (Å²) in [4.78, 5) is 49.4. The van der Waals surface area contributed by atoms with Crippen LogP contribution >= 0.6 is 11.8 Å². The van der Waals surface area contributed by atoms with Gasteiger partial charge in [0.25, 0.3) is 0 Å². The molecule has 0 aromatic heterocycles. The summed E-state index contributed by atoms with van der Waals surface area (Å²) in [5, 5.41) is 9.24. The fraction of sp³-hybridized carbons (Fsp3) is 0.794. The quantitative estimate of drug-likeness (QED) is 0.182. The molecule has 3 fully saturated rings. The van der Waals surface area contributed by atoms with Crippen molar-refractivity contribution in [1.29, 1.82) is 0 Å². The van der Waals surface area contributed by atoms with Crippen molar-refractivity contribution in [1.82, 2.24) is 14.7 Å². The third kappa shape index (κ3) is 6.64. The number of unbranched alkanes of at least 4 members (excludes halogenated alkanes) is 3. The molecule has 5 atom stereocenters. The van der Waals surface area contributed by atoms with Crippen molar-refractivity contribution < 1.29 is 19.5 Å². The summed E-state index contributed by atoms with van der Waals surface area (Å²) < 4.78 is -1.02. The molecule has 0 aromatic carbocycles. The number of hydrogen-bond acceptors (Lipinski definition) is 5. The van der Waals surface area contributed by atoms with Gasteiger partial charge in [0.15, 0.2) is 0 Å². The normalized spacial score (nSPS) is 28.6. The van der Waals surface area contributed by atoms with Crippen LogP contribution in [0.2, 0.25) is 0 Å². The van der Waals surface area contributed by atoms with Gasteiger partial charge in [-0.15, -0.1) is 24.9 Å². The van der Waals surface area contributed by atoms with E-state index in [1.165, 1.54) is 0 Å². The standard InChI is InChI=1S/C34H57N3O4S/c1-10-19-35(20-11-2)28(39)25-26-29(40)36(22-15-13-14-16-23-38)27(34(26)18-17-33(25,9)42-34)30(41)37(21-12-3)32(7,8)24-31(4,5)6/h10,12,25-27,38H,1,3,11,13-24H2,2,4-9H3/t25-,26+,27?,33+,34?/m1/s1. The molecule has 3 aliphatic rings. The number of hydrogen-bond donors (Lipinski definition) is 1. The monoisotopic (exact) mass is 603 g/mol. The third-order valence-electron chi connectivity index (χ3n) is 9.51. The van der Waals surface area contributed by atoms with Gasteiger partial charge in [-0.2, -0.15) is 0 Å². The lowest BCUT2D eigenvalue weighted by Gasteiger charge is -2.46. The fourth-order valence-corrected chi connectivity index (χ4v) is 10.6. The summed E-state index contributed by atoms with van der Waals surface area (Å²) in [5.74, 6) is -0.997. The molecule has 0 radical (unpaired) electrons. The zero-order valence-electron chi connectivity index (χ0n) is 27.4. The summed E-state index contributed by atoms with van der Waals surface area (Å²) in [5.41, 5.74) is -0.447. The minimum absolute atomic E-state index is 0.00134. The van der Waals surface area contributed by atoms with Crippen molar-refractivity contribution in [3.63, 3.8) is 0 Å². The molecule has 2 bridgehead atoms. The first-order valence-corrected chi connectivity index (χ1v) is 16.9. The molecule has 1 N–H and O–H groups in total. The summed E-state index contributed by atoms with van der Waals surface area (Å²) in [7, 11) is 0. The zero-order chi connectivity index (χ0) is 31.5. The summed E-state index contributed by atoms with van der Waals surface area (Å²) >= 11 is 1.75. The predicted molar refractivity (Wildman–Crippen MR) is 173 cm³/mol. The number of thioether (sulfide) groups is 1. The Bertz CT molecular complexity index is 1020. The number of amides is 3. The molecule has 42 heavy (non-hydrogen) atoms. The maximum absolute atomic E-state index is 14.9. The van der Waals surface area contributed by atoms with Crippen LogP contribution < -0.4 is 0 Å². The van der Waals surface area contributed by atoms with E-state index in [9.17, 15) is 19.5 Å². The van der Waals surface area contributed by atoms with Crippen molar-refractivity contribution in [2.24, 2.45) is 17.3 Å². The average Bonchev–Trinajstić information content (AvgIpc) is 3.45. The average molecular weight is 604 g/mol. The highest BCUT2D eigenvalue weighted by Gasteiger charge is 2.77. The molecule has 0 aromatic rings. The maximum atomic E-state index is 14.9. The lowest BCUT2D eigenvalue weighted by atomic mass is 9.66. The Morgan fingerprint density at radius 3 is 2.26 bits per heavy atom. The molecule has 8 heteroatoms. The van der Waals surface area contributed by atoms with E-state index in [2.05, 4.69) is 61.6 Å². The molecule has 3 rings (SSSR count). The molecule has 3 amide bonds. The molecule has 238 valence electrons. The van der Waals surface area contributed by atoms with Crippen molar-refractivity contribution in [3.8, 4) is 0 Å². The van der Waals surface area contributed by atoms with Gasteiger partial charge in [-0.05, 0) is 64.7 Å². The minimum atomic E-state index is -0.627. The summed E-state index contributed by atoms with van der Waals surface area (Å²) in [6, 6.07) is -0.615. The second kappa shape index (κ2) is 13.5. The SMILES string of the molecule is C=CCN(CCC)C(=O)[C@H]1[C@H]2C(=O)N(CCCCCCO)C(C(=O)N(CC=C)C(C)(C)CC(C)(C)C)C23CC[C@]1(C)S3. The van der Waals surface area contributed by atoms with Crippen LogP contribution in [0.15, 0.2) is 25.3 Å². The van der Waals surface area contributed by atoms with Gasteiger partial charge >= 0.3 is 0 Å². The van der Waals surface area contributed by atoms with E-state index in [-0.39, 0.29) is 34.5 Å². The predicted octanol–water partition coefficient (Wildman–Crippen LogP) is 5.67. The number of rotatable bonds is 16. The number of aliphatic hydroxyl groups excluding tert-OH is 1. The van der Waals surface area contributed by atoms with Crippen LogP contribution in [0.4, 0.5) is 0 Å². The van der Waals surface area contributed by atoms with Crippen molar-refractivity contribution in [2.75, 3.05) is 32.8 Å². The van der Waals surface area contributed by atoms with Crippen LogP contribution in [0.25, 0.3) is 0 Å². The highest BCUT2D eigenvalue weighted by molar-refractivity contribution is 8.02. The minimum Gasteiger partial charge on any atom is -0.396 e. The van der Waals surface area contributed by atoms with Crippen LogP contribution in [-0.4, -0.2) is 91.4 Å². The Hall–Kier alpha value is -1.80. The number of carbonyl (C=O) groups excluding carboxylic acids is 3. The summed E-state index contributed by atoms with van der Waals surface area (Å²) in [6.07, 6.45) is 10.0. The zero-order valence-corrected chi connectivity index (χ0v) is 28.2. The van der Waals surface area contributed by atoms with Gasteiger partial charge in [-0.25, -0.2) is 0 Å². The Labute approximate surface area is 259 Å². The van der Waals surface area contributed by atoms with Crippen molar-refractivity contribution in [2.45, 2.75) is 121 Å². The van der Waals surface area contributed by atoms with E-state index < -0.39 is 28.2 Å². The van der Waals surface area contributed by atoms with Crippen LogP contribution in [0, 0.1) is 17.3 Å². The molecule has 3 aliphatic heterocycles.